The quantitative estimate of drug-likeness (QED) is 0.830. The minimum absolute atomic E-state index is 0.273. The number of ether oxygens (including phenoxy) is 1. The van der Waals surface area contributed by atoms with Crippen molar-refractivity contribution >= 4 is 11.3 Å². The molecule has 1 atom stereocenters. The van der Waals surface area contributed by atoms with Crippen molar-refractivity contribution in [1.29, 1.82) is 0 Å². The molecule has 0 aliphatic rings. The largest absolute Gasteiger partial charge is 0.496 e. The van der Waals surface area contributed by atoms with Crippen molar-refractivity contribution in [2.24, 2.45) is 0 Å². The maximum Gasteiger partial charge on any atom is 0.122 e. The minimum Gasteiger partial charge on any atom is -0.496 e. The van der Waals surface area contributed by atoms with Crippen molar-refractivity contribution in [3.05, 3.63) is 50.7 Å². The Morgan fingerprint density at radius 2 is 1.90 bits per heavy atom. The van der Waals surface area contributed by atoms with E-state index < -0.39 is 0 Å². The van der Waals surface area contributed by atoms with E-state index in [1.165, 1.54) is 27.1 Å². The standard InChI is InChI=1S/C18H25NOS/c1-6-8-19-17(18-12(2)7-9-21-18)15-10-14(4)16(20-5)11-13(15)3/h7,9-11,17,19H,6,8H2,1-5H3. The average molecular weight is 303 g/mol. The van der Waals surface area contributed by atoms with Crippen molar-refractivity contribution in [3.63, 3.8) is 0 Å². The second kappa shape index (κ2) is 7.10. The van der Waals surface area contributed by atoms with E-state index in [0.717, 1.165) is 18.7 Å². The molecule has 0 saturated carbocycles. The van der Waals surface area contributed by atoms with Crippen LogP contribution < -0.4 is 10.1 Å². The fourth-order valence-corrected chi connectivity index (χ4v) is 3.67. The zero-order valence-electron chi connectivity index (χ0n) is 13.6. The van der Waals surface area contributed by atoms with E-state index in [-0.39, 0.29) is 6.04 Å². The van der Waals surface area contributed by atoms with Gasteiger partial charge in [0.15, 0.2) is 0 Å². The minimum atomic E-state index is 0.273. The molecule has 1 heterocycles. The first-order valence-electron chi connectivity index (χ1n) is 7.51. The summed E-state index contributed by atoms with van der Waals surface area (Å²) < 4.78 is 5.44. The summed E-state index contributed by atoms with van der Waals surface area (Å²) in [6.45, 7) is 9.70. The molecule has 2 rings (SSSR count). The van der Waals surface area contributed by atoms with Gasteiger partial charge in [-0.05, 0) is 73.5 Å². The summed E-state index contributed by atoms with van der Waals surface area (Å²) in [6.07, 6.45) is 1.13. The number of nitrogens with one attached hydrogen (secondary N) is 1. The van der Waals surface area contributed by atoms with Crippen LogP contribution in [0.3, 0.4) is 0 Å². The van der Waals surface area contributed by atoms with E-state index in [9.17, 15) is 0 Å². The van der Waals surface area contributed by atoms with Crippen molar-refractivity contribution in [1.82, 2.24) is 5.32 Å². The van der Waals surface area contributed by atoms with Crippen LogP contribution in [0.25, 0.3) is 0 Å². The predicted octanol–water partition coefficient (Wildman–Crippen LogP) is 4.77. The second-order valence-corrected chi connectivity index (χ2v) is 6.48. The number of rotatable bonds is 6. The van der Waals surface area contributed by atoms with Gasteiger partial charge in [0.2, 0.25) is 0 Å². The molecule has 1 aromatic carbocycles. The summed E-state index contributed by atoms with van der Waals surface area (Å²) in [7, 11) is 1.73. The van der Waals surface area contributed by atoms with Crippen LogP contribution in [0.5, 0.6) is 5.75 Å². The molecular weight excluding hydrogens is 278 g/mol. The van der Waals surface area contributed by atoms with Crippen LogP contribution in [0.2, 0.25) is 0 Å². The molecule has 1 unspecified atom stereocenters. The lowest BCUT2D eigenvalue weighted by Gasteiger charge is -2.22. The number of methoxy groups -OCH3 is 1. The molecule has 0 aliphatic heterocycles. The molecule has 0 fully saturated rings. The monoisotopic (exact) mass is 303 g/mol. The summed E-state index contributed by atoms with van der Waals surface area (Å²) >= 11 is 1.83. The van der Waals surface area contributed by atoms with Crippen molar-refractivity contribution in [2.45, 2.75) is 40.2 Å². The Balaban J connectivity index is 2.46. The third-order valence-corrected chi connectivity index (χ3v) is 4.94. The number of thiophene rings is 1. The molecule has 1 aromatic heterocycles. The van der Waals surface area contributed by atoms with E-state index in [4.69, 9.17) is 4.74 Å². The van der Waals surface area contributed by atoms with E-state index in [0.29, 0.717) is 0 Å². The SMILES string of the molecule is CCCNC(c1cc(C)c(OC)cc1C)c1sccc1C. The fraction of sp³-hybridized carbons (Fsp3) is 0.444. The maximum atomic E-state index is 5.44. The fourth-order valence-electron chi connectivity index (χ4n) is 2.66. The Labute approximate surface area is 132 Å². The van der Waals surface area contributed by atoms with Crippen LogP contribution in [0.15, 0.2) is 23.6 Å². The van der Waals surface area contributed by atoms with Gasteiger partial charge in [0.05, 0.1) is 13.2 Å². The van der Waals surface area contributed by atoms with Crippen molar-refractivity contribution in [2.75, 3.05) is 13.7 Å². The lowest BCUT2D eigenvalue weighted by molar-refractivity contribution is 0.411. The summed E-state index contributed by atoms with van der Waals surface area (Å²) in [4.78, 5) is 1.41. The summed E-state index contributed by atoms with van der Waals surface area (Å²) in [6, 6.07) is 6.89. The molecule has 0 amide bonds. The summed E-state index contributed by atoms with van der Waals surface area (Å²) in [5, 5.41) is 5.88. The Morgan fingerprint density at radius 1 is 1.14 bits per heavy atom. The second-order valence-electron chi connectivity index (χ2n) is 5.53. The molecule has 0 bridgehead atoms. The summed E-state index contributed by atoms with van der Waals surface area (Å²) in [5.74, 6) is 0.966. The van der Waals surface area contributed by atoms with Gasteiger partial charge in [-0.25, -0.2) is 0 Å². The molecule has 2 nitrogen and oxygen atoms in total. The number of hydrogen-bond acceptors (Lipinski definition) is 3. The third kappa shape index (κ3) is 3.47. The molecule has 1 N–H and O–H groups in total. The van der Waals surface area contributed by atoms with Crippen LogP contribution in [-0.2, 0) is 0 Å². The number of benzene rings is 1. The van der Waals surface area contributed by atoms with Crippen molar-refractivity contribution in [3.8, 4) is 5.75 Å². The van der Waals surface area contributed by atoms with Crippen LogP contribution in [0.1, 0.15) is 46.5 Å². The first kappa shape index (κ1) is 16.1. The van der Waals surface area contributed by atoms with Gasteiger partial charge >= 0.3 is 0 Å². The molecule has 0 spiro atoms. The van der Waals surface area contributed by atoms with Gasteiger partial charge in [0, 0.05) is 4.88 Å². The predicted molar refractivity (Wildman–Crippen MR) is 91.7 cm³/mol. The lowest BCUT2D eigenvalue weighted by Crippen LogP contribution is -2.24. The van der Waals surface area contributed by atoms with Gasteiger partial charge in [0.1, 0.15) is 5.75 Å². The van der Waals surface area contributed by atoms with Crippen molar-refractivity contribution < 1.29 is 4.74 Å². The van der Waals surface area contributed by atoms with Crippen LogP contribution in [0, 0.1) is 20.8 Å². The van der Waals surface area contributed by atoms with Gasteiger partial charge in [-0.15, -0.1) is 11.3 Å². The first-order chi connectivity index (χ1) is 10.1. The molecular formula is C18H25NOS. The van der Waals surface area contributed by atoms with Gasteiger partial charge < -0.3 is 10.1 Å². The lowest BCUT2D eigenvalue weighted by atomic mass is 9.95. The van der Waals surface area contributed by atoms with E-state index in [1.54, 1.807) is 7.11 Å². The van der Waals surface area contributed by atoms with E-state index in [1.807, 2.05) is 11.3 Å². The highest BCUT2D eigenvalue weighted by molar-refractivity contribution is 7.10. The van der Waals surface area contributed by atoms with Gasteiger partial charge in [-0.2, -0.15) is 0 Å². The molecule has 0 aliphatic carbocycles. The Hall–Kier alpha value is -1.32. The topological polar surface area (TPSA) is 21.3 Å². The highest BCUT2D eigenvalue weighted by Gasteiger charge is 2.19. The highest BCUT2D eigenvalue weighted by atomic mass is 32.1. The smallest absolute Gasteiger partial charge is 0.122 e. The summed E-state index contributed by atoms with van der Waals surface area (Å²) in [5.41, 5.74) is 5.18. The van der Waals surface area contributed by atoms with E-state index >= 15 is 0 Å². The van der Waals surface area contributed by atoms with Gasteiger partial charge in [-0.3, -0.25) is 0 Å². The first-order valence-corrected chi connectivity index (χ1v) is 8.39. The molecule has 2 aromatic rings. The molecule has 114 valence electrons. The van der Waals surface area contributed by atoms with Crippen LogP contribution >= 0.6 is 11.3 Å². The van der Waals surface area contributed by atoms with Gasteiger partial charge in [-0.1, -0.05) is 13.0 Å². The van der Waals surface area contributed by atoms with Gasteiger partial charge in [0.25, 0.3) is 0 Å². The molecule has 0 saturated heterocycles. The zero-order chi connectivity index (χ0) is 15.4. The normalized spacial score (nSPS) is 12.4. The molecule has 3 heteroatoms. The average Bonchev–Trinajstić information content (AvgIpc) is 2.88. The van der Waals surface area contributed by atoms with Crippen LogP contribution in [-0.4, -0.2) is 13.7 Å². The Morgan fingerprint density at radius 3 is 2.48 bits per heavy atom. The number of hydrogen-bond donors (Lipinski definition) is 1. The third-order valence-electron chi connectivity index (χ3n) is 3.86. The molecule has 0 radical (unpaired) electrons. The Kier molecular flexibility index (Phi) is 5.43. The number of aryl methyl sites for hydroxylation is 3. The van der Waals surface area contributed by atoms with E-state index in [2.05, 4.69) is 56.6 Å². The highest BCUT2D eigenvalue weighted by Crippen LogP contribution is 2.34. The zero-order valence-corrected chi connectivity index (χ0v) is 14.4. The maximum absolute atomic E-state index is 5.44. The Bertz CT molecular complexity index is 603. The van der Waals surface area contributed by atoms with Crippen LogP contribution in [0.4, 0.5) is 0 Å². The molecule has 21 heavy (non-hydrogen) atoms.